The summed E-state index contributed by atoms with van der Waals surface area (Å²) in [7, 11) is 0. The lowest BCUT2D eigenvalue weighted by Crippen LogP contribution is -2.08. The molecule has 0 saturated carbocycles. The van der Waals surface area contributed by atoms with E-state index in [9.17, 15) is 23.4 Å². The quantitative estimate of drug-likeness (QED) is 0.721. The van der Waals surface area contributed by atoms with Crippen LogP contribution in [0.1, 0.15) is 30.4 Å². The van der Waals surface area contributed by atoms with E-state index < -0.39 is 23.2 Å². The molecule has 96 valence electrons. The molecule has 4 N–H and O–H groups in total. The molecule has 1 aromatic rings. The first-order valence-corrected chi connectivity index (χ1v) is 5.11. The second kappa shape index (κ2) is 4.83. The summed E-state index contributed by atoms with van der Waals surface area (Å²) >= 11 is 0. The summed E-state index contributed by atoms with van der Waals surface area (Å²) in [5.74, 6) is -2.06. The molecule has 1 atom stereocenters. The van der Waals surface area contributed by atoms with Crippen LogP contribution in [-0.2, 0) is 6.18 Å². The Bertz CT molecular complexity index is 404. The van der Waals surface area contributed by atoms with E-state index in [-0.39, 0.29) is 11.5 Å². The van der Waals surface area contributed by atoms with E-state index in [1.165, 1.54) is 0 Å². The molecule has 0 aliphatic rings. The van der Waals surface area contributed by atoms with Crippen LogP contribution in [0.25, 0.3) is 0 Å². The predicted octanol–water partition coefficient (Wildman–Crippen LogP) is 2.57. The van der Waals surface area contributed by atoms with Crippen LogP contribution < -0.4 is 5.73 Å². The number of nitrogens with two attached hydrogens (primary N) is 1. The zero-order valence-electron chi connectivity index (χ0n) is 9.25. The van der Waals surface area contributed by atoms with Crippen LogP contribution in [-0.4, -0.2) is 16.8 Å². The van der Waals surface area contributed by atoms with Crippen molar-refractivity contribution < 1.29 is 23.4 Å². The molecule has 0 heterocycles. The molecule has 6 heteroatoms. The molecule has 17 heavy (non-hydrogen) atoms. The molecule has 0 fully saturated rings. The highest BCUT2D eigenvalue weighted by molar-refractivity contribution is 5.52. The monoisotopic (exact) mass is 249 g/mol. The number of phenols is 2. The van der Waals surface area contributed by atoms with Gasteiger partial charge in [-0.25, -0.2) is 0 Å². The largest absolute Gasteiger partial charge is 0.504 e. The summed E-state index contributed by atoms with van der Waals surface area (Å²) in [5.41, 5.74) is 4.36. The lowest BCUT2D eigenvalue weighted by Gasteiger charge is -2.16. The first-order valence-electron chi connectivity index (χ1n) is 5.11. The highest BCUT2D eigenvalue weighted by Crippen LogP contribution is 2.44. The molecule has 0 saturated heterocycles. The Morgan fingerprint density at radius 2 is 1.82 bits per heavy atom. The second-order valence-corrected chi connectivity index (χ2v) is 3.88. The molecule has 0 aliphatic carbocycles. The van der Waals surface area contributed by atoms with Crippen LogP contribution >= 0.6 is 0 Å². The highest BCUT2D eigenvalue weighted by Gasteiger charge is 2.35. The van der Waals surface area contributed by atoms with E-state index >= 15 is 0 Å². The summed E-state index contributed by atoms with van der Waals surface area (Å²) in [5, 5.41) is 18.9. The molecule has 0 radical (unpaired) electrons. The van der Waals surface area contributed by atoms with Crippen LogP contribution in [0, 0.1) is 0 Å². The number of hydrogen-bond donors (Lipinski definition) is 3. The van der Waals surface area contributed by atoms with Gasteiger partial charge in [-0.05, 0) is 24.9 Å². The third-order valence-electron chi connectivity index (χ3n) is 2.62. The maximum Gasteiger partial charge on any atom is 0.420 e. The Kier molecular flexibility index (Phi) is 3.87. The van der Waals surface area contributed by atoms with E-state index in [1.807, 2.05) is 0 Å². The Balaban J connectivity index is 3.20. The molecule has 3 nitrogen and oxygen atoms in total. The standard InChI is InChI=1S/C11H14F3NO2/c1-6(4-5-15)7-2-3-8(11(12,13)14)10(17)9(7)16/h2-3,6,16-17H,4-5,15H2,1H3. The van der Waals surface area contributed by atoms with Crippen molar-refractivity contribution in [3.8, 4) is 11.5 Å². The van der Waals surface area contributed by atoms with Gasteiger partial charge in [-0.15, -0.1) is 0 Å². The van der Waals surface area contributed by atoms with Gasteiger partial charge in [0.05, 0.1) is 0 Å². The van der Waals surface area contributed by atoms with Gasteiger partial charge in [0.2, 0.25) is 0 Å². The normalized spacial score (nSPS) is 13.7. The molecular formula is C11H14F3NO2. The first kappa shape index (κ1) is 13.6. The van der Waals surface area contributed by atoms with Crippen molar-refractivity contribution in [1.82, 2.24) is 0 Å². The van der Waals surface area contributed by atoms with E-state index in [0.29, 0.717) is 13.0 Å². The minimum atomic E-state index is -4.68. The Labute approximate surface area is 96.7 Å². The number of hydrogen-bond acceptors (Lipinski definition) is 3. The molecule has 0 aromatic heterocycles. The Morgan fingerprint density at radius 1 is 1.24 bits per heavy atom. The third-order valence-corrected chi connectivity index (χ3v) is 2.62. The smallest absolute Gasteiger partial charge is 0.420 e. The topological polar surface area (TPSA) is 66.5 Å². The number of phenolic OH excluding ortho intramolecular Hbond substituents is 2. The van der Waals surface area contributed by atoms with Gasteiger partial charge in [-0.1, -0.05) is 13.0 Å². The van der Waals surface area contributed by atoms with Gasteiger partial charge < -0.3 is 15.9 Å². The van der Waals surface area contributed by atoms with Gasteiger partial charge in [0.15, 0.2) is 11.5 Å². The van der Waals surface area contributed by atoms with E-state index in [4.69, 9.17) is 5.73 Å². The molecule has 1 aromatic carbocycles. The summed E-state index contributed by atoms with van der Waals surface area (Å²) < 4.78 is 37.3. The second-order valence-electron chi connectivity index (χ2n) is 3.88. The number of alkyl halides is 3. The number of halogens is 3. The average molecular weight is 249 g/mol. The Hall–Kier alpha value is -1.43. The summed E-state index contributed by atoms with van der Waals surface area (Å²) in [6, 6.07) is 1.93. The van der Waals surface area contributed by atoms with Gasteiger partial charge in [-0.2, -0.15) is 13.2 Å². The van der Waals surface area contributed by atoms with Crippen molar-refractivity contribution in [2.24, 2.45) is 5.73 Å². The minimum Gasteiger partial charge on any atom is -0.504 e. The lowest BCUT2D eigenvalue weighted by molar-refractivity contribution is -0.138. The van der Waals surface area contributed by atoms with Crippen molar-refractivity contribution in [3.05, 3.63) is 23.3 Å². The fourth-order valence-electron chi connectivity index (χ4n) is 1.63. The maximum absolute atomic E-state index is 12.4. The highest BCUT2D eigenvalue weighted by atomic mass is 19.4. The van der Waals surface area contributed by atoms with E-state index in [2.05, 4.69) is 0 Å². The van der Waals surface area contributed by atoms with Crippen LogP contribution in [0.3, 0.4) is 0 Å². The van der Waals surface area contributed by atoms with Crippen molar-refractivity contribution in [1.29, 1.82) is 0 Å². The third kappa shape index (κ3) is 2.82. The van der Waals surface area contributed by atoms with Crippen LogP contribution in [0.15, 0.2) is 12.1 Å². The lowest BCUT2D eigenvalue weighted by atomic mass is 9.95. The number of benzene rings is 1. The van der Waals surface area contributed by atoms with Crippen molar-refractivity contribution >= 4 is 0 Å². The molecule has 1 unspecified atom stereocenters. The number of rotatable bonds is 3. The van der Waals surface area contributed by atoms with Gasteiger partial charge in [0.25, 0.3) is 0 Å². The SMILES string of the molecule is CC(CCN)c1ccc(C(F)(F)F)c(O)c1O. The minimum absolute atomic E-state index is 0.215. The van der Waals surface area contributed by atoms with Crippen LogP contribution in [0.2, 0.25) is 0 Å². The molecule has 1 rings (SSSR count). The van der Waals surface area contributed by atoms with Gasteiger partial charge in [0.1, 0.15) is 5.56 Å². The Morgan fingerprint density at radius 3 is 2.29 bits per heavy atom. The van der Waals surface area contributed by atoms with Crippen LogP contribution in [0.5, 0.6) is 11.5 Å². The van der Waals surface area contributed by atoms with Crippen molar-refractivity contribution in [3.63, 3.8) is 0 Å². The van der Waals surface area contributed by atoms with Gasteiger partial charge >= 0.3 is 6.18 Å². The first-order chi connectivity index (χ1) is 7.79. The van der Waals surface area contributed by atoms with Gasteiger partial charge in [-0.3, -0.25) is 0 Å². The van der Waals surface area contributed by atoms with Gasteiger partial charge in [0, 0.05) is 5.56 Å². The molecule has 0 bridgehead atoms. The zero-order valence-corrected chi connectivity index (χ0v) is 9.25. The maximum atomic E-state index is 12.4. The molecule has 0 aliphatic heterocycles. The van der Waals surface area contributed by atoms with E-state index in [0.717, 1.165) is 12.1 Å². The predicted molar refractivity (Wildman–Crippen MR) is 56.9 cm³/mol. The van der Waals surface area contributed by atoms with Crippen molar-refractivity contribution in [2.45, 2.75) is 25.4 Å². The number of aromatic hydroxyl groups is 2. The molecular weight excluding hydrogens is 235 g/mol. The summed E-state index contributed by atoms with van der Waals surface area (Å²) in [4.78, 5) is 0. The van der Waals surface area contributed by atoms with Crippen molar-refractivity contribution in [2.75, 3.05) is 6.54 Å². The molecule has 0 spiro atoms. The zero-order chi connectivity index (χ0) is 13.2. The summed E-state index contributed by atoms with van der Waals surface area (Å²) in [6.07, 6.45) is -4.17. The average Bonchev–Trinajstić information content (AvgIpc) is 2.20. The molecule has 0 amide bonds. The fourth-order valence-corrected chi connectivity index (χ4v) is 1.63. The fraction of sp³-hybridized carbons (Fsp3) is 0.455. The van der Waals surface area contributed by atoms with E-state index in [1.54, 1.807) is 6.92 Å². The van der Waals surface area contributed by atoms with Crippen LogP contribution in [0.4, 0.5) is 13.2 Å². The summed E-state index contributed by atoms with van der Waals surface area (Å²) in [6.45, 7) is 2.07.